The maximum atomic E-state index is 13.0. The fourth-order valence-corrected chi connectivity index (χ4v) is 3.67. The average Bonchev–Trinajstić information content (AvgIpc) is 3.28. The van der Waals surface area contributed by atoms with E-state index in [1.54, 1.807) is 17.1 Å². The normalized spacial score (nSPS) is 18.2. The summed E-state index contributed by atoms with van der Waals surface area (Å²) in [4.78, 5) is 22.7. The average molecular weight is 337 g/mol. The molecule has 25 heavy (non-hydrogen) atoms. The number of nitrogens with zero attached hydrogens (tertiary/aromatic N) is 4. The van der Waals surface area contributed by atoms with Crippen LogP contribution < -0.4 is 0 Å². The van der Waals surface area contributed by atoms with Gasteiger partial charge in [0.2, 0.25) is 0 Å². The van der Waals surface area contributed by atoms with Gasteiger partial charge in [0.1, 0.15) is 11.3 Å². The molecule has 6 nitrogen and oxygen atoms in total. The van der Waals surface area contributed by atoms with E-state index in [4.69, 9.17) is 0 Å². The number of fused-ring (bicyclic) bond motifs is 1. The number of amides is 1. The third-order valence-electron chi connectivity index (χ3n) is 4.94. The highest BCUT2D eigenvalue weighted by atomic mass is 16.2. The van der Waals surface area contributed by atoms with Crippen molar-refractivity contribution in [1.82, 2.24) is 24.6 Å². The van der Waals surface area contributed by atoms with Crippen LogP contribution in [0.1, 0.15) is 54.8 Å². The van der Waals surface area contributed by atoms with Crippen molar-refractivity contribution in [2.24, 2.45) is 0 Å². The van der Waals surface area contributed by atoms with Crippen LogP contribution in [0.25, 0.3) is 11.0 Å². The van der Waals surface area contributed by atoms with Crippen molar-refractivity contribution >= 4 is 16.9 Å². The van der Waals surface area contributed by atoms with Crippen molar-refractivity contribution in [3.63, 3.8) is 0 Å². The summed E-state index contributed by atoms with van der Waals surface area (Å²) in [5.74, 6) is 0.396. The molecule has 1 aliphatic heterocycles. The molecule has 0 aromatic carbocycles. The van der Waals surface area contributed by atoms with E-state index in [9.17, 15) is 4.79 Å². The summed E-state index contributed by atoms with van der Waals surface area (Å²) in [6.07, 6.45) is 5.60. The first-order valence-corrected chi connectivity index (χ1v) is 8.90. The number of carbonyl (C=O) groups excluding carboxylic acids is 1. The van der Waals surface area contributed by atoms with Gasteiger partial charge in [-0.2, -0.15) is 5.10 Å². The third-order valence-corrected chi connectivity index (χ3v) is 4.94. The fraction of sp³-hybridized carbons (Fsp3) is 0.421. The minimum atomic E-state index is 0.0742. The van der Waals surface area contributed by atoms with E-state index in [0.717, 1.165) is 37.0 Å². The Morgan fingerprint density at radius 1 is 1.32 bits per heavy atom. The fourth-order valence-electron chi connectivity index (χ4n) is 3.67. The van der Waals surface area contributed by atoms with Crippen molar-refractivity contribution < 1.29 is 4.79 Å². The smallest absolute Gasteiger partial charge is 0.272 e. The highest BCUT2D eigenvalue weighted by Crippen LogP contribution is 2.29. The van der Waals surface area contributed by atoms with Crippen LogP contribution in [0.15, 0.2) is 36.7 Å². The zero-order valence-corrected chi connectivity index (χ0v) is 14.6. The topological polar surface area (TPSA) is 66.8 Å². The largest absolute Gasteiger partial charge is 0.343 e. The molecule has 0 unspecified atom stereocenters. The van der Waals surface area contributed by atoms with Gasteiger partial charge in [0.15, 0.2) is 0 Å². The molecule has 4 rings (SSSR count). The Bertz CT molecular complexity index is 861. The number of likely N-dealkylation sites (tertiary alicyclic amines) is 1. The third kappa shape index (κ3) is 2.92. The van der Waals surface area contributed by atoms with Gasteiger partial charge in [0.05, 0.1) is 0 Å². The molecule has 130 valence electrons. The molecule has 0 radical (unpaired) electrons. The molecular formula is C19H23N5O. The Morgan fingerprint density at radius 3 is 3.00 bits per heavy atom. The molecule has 1 fully saturated rings. The van der Waals surface area contributed by atoms with Crippen molar-refractivity contribution in [3.8, 4) is 0 Å². The van der Waals surface area contributed by atoms with E-state index in [1.165, 1.54) is 5.69 Å². The number of piperidine rings is 1. The Hall–Kier alpha value is -2.63. The van der Waals surface area contributed by atoms with E-state index >= 15 is 0 Å². The predicted octanol–water partition coefficient (Wildman–Crippen LogP) is 3.36. The number of hydrogen-bond acceptors (Lipinski definition) is 3. The first-order chi connectivity index (χ1) is 12.1. The van der Waals surface area contributed by atoms with Crippen LogP contribution >= 0.6 is 0 Å². The standard InChI is InChI=1S/C19H23N5O/c1-13(2)24-17(7-9-21-24)19(25)23-10-4-6-15(12-23)16-11-14-5-3-8-20-18(14)22-16/h3,5,7-9,11,13,15H,4,6,10,12H2,1-2H3,(H,20,22)/t15-/m0/s1. The summed E-state index contributed by atoms with van der Waals surface area (Å²) in [6, 6.07) is 8.17. The van der Waals surface area contributed by atoms with E-state index in [0.29, 0.717) is 11.6 Å². The minimum Gasteiger partial charge on any atom is -0.343 e. The molecule has 0 saturated carbocycles. The first-order valence-electron chi connectivity index (χ1n) is 8.90. The number of aromatic amines is 1. The Kier molecular flexibility index (Phi) is 4.03. The second-order valence-electron chi connectivity index (χ2n) is 7.01. The molecule has 1 aliphatic rings. The van der Waals surface area contributed by atoms with E-state index in [1.807, 2.05) is 30.9 Å². The van der Waals surface area contributed by atoms with Crippen LogP contribution in [-0.2, 0) is 0 Å². The van der Waals surface area contributed by atoms with Gasteiger partial charge >= 0.3 is 0 Å². The Morgan fingerprint density at radius 2 is 2.20 bits per heavy atom. The zero-order chi connectivity index (χ0) is 17.4. The van der Waals surface area contributed by atoms with E-state index in [2.05, 4.69) is 27.2 Å². The predicted molar refractivity (Wildman–Crippen MR) is 96.6 cm³/mol. The number of nitrogens with one attached hydrogen (secondary N) is 1. The van der Waals surface area contributed by atoms with Crippen LogP contribution in [-0.4, -0.2) is 43.6 Å². The highest BCUT2D eigenvalue weighted by molar-refractivity contribution is 5.92. The van der Waals surface area contributed by atoms with Gasteiger partial charge in [-0.15, -0.1) is 0 Å². The van der Waals surface area contributed by atoms with Crippen LogP contribution in [0.4, 0.5) is 0 Å². The molecule has 0 bridgehead atoms. The molecule has 1 atom stereocenters. The number of hydrogen-bond donors (Lipinski definition) is 1. The zero-order valence-electron chi connectivity index (χ0n) is 14.6. The summed E-state index contributed by atoms with van der Waals surface area (Å²) >= 11 is 0. The maximum Gasteiger partial charge on any atom is 0.272 e. The summed E-state index contributed by atoms with van der Waals surface area (Å²) in [5, 5.41) is 5.42. The molecule has 0 aliphatic carbocycles. The SMILES string of the molecule is CC(C)n1nccc1C(=O)N1CCC[C@H](c2cc3cccnc3[nH]2)C1. The second kappa shape index (κ2) is 6.35. The molecule has 3 aromatic rings. The van der Waals surface area contributed by atoms with Gasteiger partial charge in [-0.3, -0.25) is 9.48 Å². The van der Waals surface area contributed by atoms with Crippen molar-refractivity contribution in [2.45, 2.75) is 38.6 Å². The summed E-state index contributed by atoms with van der Waals surface area (Å²) in [6.45, 7) is 5.62. The molecule has 1 saturated heterocycles. The van der Waals surface area contributed by atoms with Crippen LogP contribution in [0.5, 0.6) is 0 Å². The molecular weight excluding hydrogens is 314 g/mol. The number of carbonyl (C=O) groups is 1. The van der Waals surface area contributed by atoms with Crippen LogP contribution in [0, 0.1) is 0 Å². The summed E-state index contributed by atoms with van der Waals surface area (Å²) in [5.41, 5.74) is 2.76. The van der Waals surface area contributed by atoms with Gasteiger partial charge in [0, 0.05) is 48.5 Å². The van der Waals surface area contributed by atoms with Crippen LogP contribution in [0.2, 0.25) is 0 Å². The van der Waals surface area contributed by atoms with Gasteiger partial charge in [0.25, 0.3) is 5.91 Å². The number of aromatic nitrogens is 4. The molecule has 6 heteroatoms. The molecule has 1 amide bonds. The highest BCUT2D eigenvalue weighted by Gasteiger charge is 2.28. The monoisotopic (exact) mass is 337 g/mol. The van der Waals surface area contributed by atoms with Gasteiger partial charge in [-0.05, 0) is 51.0 Å². The second-order valence-corrected chi connectivity index (χ2v) is 7.01. The summed E-state index contributed by atoms with van der Waals surface area (Å²) < 4.78 is 1.80. The van der Waals surface area contributed by atoms with Crippen LogP contribution in [0.3, 0.4) is 0 Å². The van der Waals surface area contributed by atoms with Gasteiger partial charge in [-0.1, -0.05) is 0 Å². The lowest BCUT2D eigenvalue weighted by molar-refractivity contribution is 0.0691. The first kappa shape index (κ1) is 15.9. The van der Waals surface area contributed by atoms with Gasteiger partial charge in [-0.25, -0.2) is 4.98 Å². The van der Waals surface area contributed by atoms with E-state index in [-0.39, 0.29) is 11.9 Å². The summed E-state index contributed by atoms with van der Waals surface area (Å²) in [7, 11) is 0. The van der Waals surface area contributed by atoms with Crippen molar-refractivity contribution in [2.75, 3.05) is 13.1 Å². The lowest BCUT2D eigenvalue weighted by atomic mass is 9.94. The lowest BCUT2D eigenvalue weighted by Gasteiger charge is -2.32. The quantitative estimate of drug-likeness (QED) is 0.797. The van der Waals surface area contributed by atoms with Crippen molar-refractivity contribution in [3.05, 3.63) is 48.0 Å². The molecule has 1 N–H and O–H groups in total. The lowest BCUT2D eigenvalue weighted by Crippen LogP contribution is -2.40. The maximum absolute atomic E-state index is 13.0. The number of pyridine rings is 1. The molecule has 3 aromatic heterocycles. The molecule has 0 spiro atoms. The minimum absolute atomic E-state index is 0.0742. The molecule has 4 heterocycles. The van der Waals surface area contributed by atoms with E-state index < -0.39 is 0 Å². The Balaban J connectivity index is 1.56. The number of rotatable bonds is 3. The van der Waals surface area contributed by atoms with Gasteiger partial charge < -0.3 is 9.88 Å². The Labute approximate surface area is 146 Å². The number of H-pyrrole nitrogens is 1. The van der Waals surface area contributed by atoms with Crippen molar-refractivity contribution in [1.29, 1.82) is 0 Å².